The lowest BCUT2D eigenvalue weighted by Crippen LogP contribution is -2.00. The molecule has 0 radical (unpaired) electrons. The second-order valence-electron chi connectivity index (χ2n) is 3.17. The molecule has 0 bridgehead atoms. The van der Waals surface area contributed by atoms with Gasteiger partial charge in [-0.25, -0.2) is 9.97 Å². The van der Waals surface area contributed by atoms with E-state index in [0.29, 0.717) is 5.56 Å². The van der Waals surface area contributed by atoms with Crippen LogP contribution in [-0.4, -0.2) is 14.9 Å². The summed E-state index contributed by atoms with van der Waals surface area (Å²) in [6.07, 6.45) is 0. The highest BCUT2D eigenvalue weighted by molar-refractivity contribution is 9.10. The zero-order valence-corrected chi connectivity index (χ0v) is 11.6. The first-order chi connectivity index (χ1) is 8.00. The van der Waals surface area contributed by atoms with Crippen LogP contribution in [0.4, 0.5) is 5.69 Å². The molecule has 2 aromatic heterocycles. The number of nitro groups is 1. The summed E-state index contributed by atoms with van der Waals surface area (Å²) in [6, 6.07) is 0. The molecule has 0 saturated heterocycles. The molecule has 17 heavy (non-hydrogen) atoms. The minimum Gasteiger partial charge on any atom is -0.258 e. The van der Waals surface area contributed by atoms with Gasteiger partial charge in [-0.15, -0.1) is 0 Å². The second kappa shape index (κ2) is 4.67. The van der Waals surface area contributed by atoms with E-state index in [1.807, 2.05) is 5.38 Å². The van der Waals surface area contributed by atoms with Crippen LogP contribution in [0.1, 0.15) is 5.69 Å². The number of hydrogen-bond acceptors (Lipinski definition) is 5. The molecule has 0 aromatic carbocycles. The normalized spacial score (nSPS) is 10.5. The first kappa shape index (κ1) is 12.4. The average Bonchev–Trinajstić information content (AvgIpc) is 2.62. The number of rotatable bonds is 2. The molecule has 0 unspecified atom stereocenters. The van der Waals surface area contributed by atoms with Gasteiger partial charge in [0.25, 0.3) is 0 Å². The molecule has 2 heterocycles. The summed E-state index contributed by atoms with van der Waals surface area (Å²) in [5.74, 6) is 0. The molecule has 88 valence electrons. The summed E-state index contributed by atoms with van der Waals surface area (Å²) in [4.78, 5) is 18.3. The van der Waals surface area contributed by atoms with Crippen LogP contribution in [0.15, 0.2) is 15.2 Å². The van der Waals surface area contributed by atoms with Crippen LogP contribution in [0.3, 0.4) is 0 Å². The third-order valence-corrected chi connectivity index (χ3v) is 3.96. The number of nitrogens with zero attached hydrogens (tertiary/aromatic N) is 3. The Balaban J connectivity index is 2.76. The number of aromatic nitrogens is 2. The van der Waals surface area contributed by atoms with Gasteiger partial charge in [0.15, 0.2) is 5.69 Å². The van der Waals surface area contributed by atoms with Gasteiger partial charge < -0.3 is 0 Å². The van der Waals surface area contributed by atoms with Crippen molar-refractivity contribution in [3.63, 3.8) is 0 Å². The summed E-state index contributed by atoms with van der Waals surface area (Å²) in [5.41, 5.74) is 1.02. The van der Waals surface area contributed by atoms with Gasteiger partial charge >= 0.3 is 5.69 Å². The fourth-order valence-corrected chi connectivity index (χ4v) is 3.07. The van der Waals surface area contributed by atoms with E-state index < -0.39 is 4.92 Å². The highest BCUT2D eigenvalue weighted by Crippen LogP contribution is 2.37. The van der Waals surface area contributed by atoms with Gasteiger partial charge in [0.1, 0.15) is 5.69 Å². The molecule has 0 fully saturated rings. The van der Waals surface area contributed by atoms with Crippen LogP contribution >= 0.6 is 38.9 Å². The van der Waals surface area contributed by atoms with E-state index in [0.717, 1.165) is 4.47 Å². The highest BCUT2D eigenvalue weighted by atomic mass is 79.9. The highest BCUT2D eigenvalue weighted by Gasteiger charge is 2.24. The number of hydrogen-bond donors (Lipinski definition) is 0. The van der Waals surface area contributed by atoms with Crippen LogP contribution in [0, 0.1) is 17.0 Å². The fourth-order valence-electron chi connectivity index (χ4n) is 1.39. The van der Waals surface area contributed by atoms with E-state index in [-0.39, 0.29) is 22.4 Å². The predicted octanol–water partition coefficient (Wildman–Crippen LogP) is 3.84. The van der Waals surface area contributed by atoms with E-state index in [2.05, 4.69) is 25.9 Å². The van der Waals surface area contributed by atoms with Crippen molar-refractivity contribution >= 4 is 44.6 Å². The zero-order chi connectivity index (χ0) is 12.6. The van der Waals surface area contributed by atoms with Crippen LogP contribution in [0.5, 0.6) is 0 Å². The lowest BCUT2D eigenvalue weighted by atomic mass is 10.2. The van der Waals surface area contributed by atoms with Crippen molar-refractivity contribution in [2.24, 2.45) is 0 Å². The number of aryl methyl sites for hydroxylation is 1. The maximum absolute atomic E-state index is 11.0. The van der Waals surface area contributed by atoms with Crippen molar-refractivity contribution in [3.8, 4) is 11.3 Å². The zero-order valence-electron chi connectivity index (χ0n) is 8.48. The lowest BCUT2D eigenvalue weighted by Gasteiger charge is -2.03. The minimum atomic E-state index is -0.495. The van der Waals surface area contributed by atoms with E-state index in [4.69, 9.17) is 11.6 Å². The van der Waals surface area contributed by atoms with Gasteiger partial charge in [-0.05, 0) is 34.5 Å². The summed E-state index contributed by atoms with van der Waals surface area (Å²) in [6.45, 7) is 1.54. The molecular formula is C9H5BrClN3O2S. The van der Waals surface area contributed by atoms with Crippen LogP contribution in [-0.2, 0) is 0 Å². The molecule has 0 aliphatic heterocycles. The Morgan fingerprint density at radius 1 is 1.47 bits per heavy atom. The molecule has 0 saturated carbocycles. The maximum atomic E-state index is 11.0. The second-order valence-corrected chi connectivity index (χ2v) is 5.10. The van der Waals surface area contributed by atoms with Gasteiger partial charge in [0.05, 0.1) is 4.92 Å². The molecule has 0 atom stereocenters. The topological polar surface area (TPSA) is 68.9 Å². The number of halogens is 2. The van der Waals surface area contributed by atoms with Gasteiger partial charge in [-0.3, -0.25) is 10.1 Å². The SMILES string of the molecule is Cc1nc(Cl)nc(-c2cscc2Br)c1[N+](=O)[O-]. The molecule has 0 N–H and O–H groups in total. The molecule has 0 aliphatic rings. The molecule has 5 nitrogen and oxygen atoms in total. The Bertz CT molecular complexity index is 602. The number of thiophene rings is 1. The smallest absolute Gasteiger partial charge is 0.258 e. The van der Waals surface area contributed by atoms with Crippen molar-refractivity contribution in [1.29, 1.82) is 0 Å². The van der Waals surface area contributed by atoms with Crippen molar-refractivity contribution in [1.82, 2.24) is 9.97 Å². The molecule has 8 heteroatoms. The van der Waals surface area contributed by atoms with Crippen LogP contribution in [0.25, 0.3) is 11.3 Å². The Morgan fingerprint density at radius 2 is 2.18 bits per heavy atom. The van der Waals surface area contributed by atoms with E-state index in [1.54, 1.807) is 5.38 Å². The first-order valence-corrected chi connectivity index (χ1v) is 6.52. The Kier molecular flexibility index (Phi) is 3.41. The van der Waals surface area contributed by atoms with Crippen molar-refractivity contribution < 1.29 is 4.92 Å². The summed E-state index contributed by atoms with van der Waals surface area (Å²) in [7, 11) is 0. The van der Waals surface area contributed by atoms with E-state index >= 15 is 0 Å². The average molecular weight is 335 g/mol. The monoisotopic (exact) mass is 333 g/mol. The third kappa shape index (κ3) is 2.31. The molecule has 2 aromatic rings. The molecule has 0 aliphatic carbocycles. The maximum Gasteiger partial charge on any atom is 0.316 e. The fraction of sp³-hybridized carbons (Fsp3) is 0.111. The largest absolute Gasteiger partial charge is 0.316 e. The molecule has 2 rings (SSSR count). The quantitative estimate of drug-likeness (QED) is 0.475. The van der Waals surface area contributed by atoms with Crippen molar-refractivity contribution in [2.75, 3.05) is 0 Å². The Labute approximate surface area is 114 Å². The van der Waals surface area contributed by atoms with Crippen LogP contribution in [0.2, 0.25) is 5.28 Å². The van der Waals surface area contributed by atoms with E-state index in [9.17, 15) is 10.1 Å². The Morgan fingerprint density at radius 3 is 2.71 bits per heavy atom. The molecule has 0 amide bonds. The van der Waals surface area contributed by atoms with Crippen molar-refractivity contribution in [3.05, 3.63) is 36.3 Å². The first-order valence-electron chi connectivity index (χ1n) is 4.41. The van der Waals surface area contributed by atoms with E-state index in [1.165, 1.54) is 18.3 Å². The van der Waals surface area contributed by atoms with Gasteiger partial charge in [0, 0.05) is 20.8 Å². The summed E-state index contributed by atoms with van der Waals surface area (Å²) in [5, 5.41) is 14.6. The summed E-state index contributed by atoms with van der Waals surface area (Å²) >= 11 is 10.5. The molecular weight excluding hydrogens is 330 g/mol. The minimum absolute atomic E-state index is 0.00111. The Hall–Kier alpha value is -1.05. The van der Waals surface area contributed by atoms with Crippen LogP contribution < -0.4 is 0 Å². The predicted molar refractivity (Wildman–Crippen MR) is 69.4 cm³/mol. The molecule has 0 spiro atoms. The lowest BCUT2D eigenvalue weighted by molar-refractivity contribution is -0.385. The summed E-state index contributed by atoms with van der Waals surface area (Å²) < 4.78 is 0.750. The van der Waals surface area contributed by atoms with Gasteiger partial charge in [-0.1, -0.05) is 0 Å². The third-order valence-electron chi connectivity index (χ3n) is 2.08. The standard InChI is InChI=1S/C9H5BrClN3O2S/c1-4-8(14(15)16)7(13-9(11)12-4)5-2-17-3-6(5)10/h2-3H,1H3. The van der Waals surface area contributed by atoms with Gasteiger partial charge in [-0.2, -0.15) is 11.3 Å². The van der Waals surface area contributed by atoms with Crippen molar-refractivity contribution in [2.45, 2.75) is 6.92 Å². The van der Waals surface area contributed by atoms with Gasteiger partial charge in [0.2, 0.25) is 5.28 Å².